The Bertz CT molecular complexity index is 531. The van der Waals surface area contributed by atoms with Crippen molar-refractivity contribution in [1.29, 1.82) is 0 Å². The molecule has 0 saturated carbocycles. The van der Waals surface area contributed by atoms with Gasteiger partial charge in [-0.25, -0.2) is 0 Å². The Balaban J connectivity index is 1.59. The normalized spacial score (nSPS) is 23.1. The first-order valence-corrected chi connectivity index (χ1v) is 7.85. The fourth-order valence-electron chi connectivity index (χ4n) is 2.59. The predicted octanol–water partition coefficient (Wildman–Crippen LogP) is 3.02. The van der Waals surface area contributed by atoms with E-state index in [4.69, 9.17) is 0 Å². The van der Waals surface area contributed by atoms with E-state index in [-0.39, 0.29) is 11.4 Å². The van der Waals surface area contributed by atoms with Crippen molar-refractivity contribution in [3.05, 3.63) is 66.2 Å². The van der Waals surface area contributed by atoms with Gasteiger partial charge in [0.2, 0.25) is 0 Å². The van der Waals surface area contributed by atoms with Gasteiger partial charge in [0.25, 0.3) is 0 Å². The van der Waals surface area contributed by atoms with Crippen LogP contribution in [0.15, 0.2) is 65.6 Å². The zero-order chi connectivity index (χ0) is 13.8. The van der Waals surface area contributed by atoms with Gasteiger partial charge in [0.1, 0.15) is 0 Å². The molecule has 1 saturated heterocycles. The second kappa shape index (κ2) is 6.44. The topological polar surface area (TPSA) is 23.5 Å². The summed E-state index contributed by atoms with van der Waals surface area (Å²) in [7, 11) is 0. The number of aliphatic hydroxyl groups is 1. The Morgan fingerprint density at radius 2 is 1.60 bits per heavy atom. The van der Waals surface area contributed by atoms with Gasteiger partial charge in [0.15, 0.2) is 0 Å². The molecule has 2 aromatic rings. The lowest BCUT2D eigenvalue weighted by Crippen LogP contribution is -2.21. The van der Waals surface area contributed by atoms with Crippen LogP contribution >= 0.6 is 11.8 Å². The number of β-amino-alcohol motifs (C(OH)–C–C–N with tert-alkyl or cyclic N) is 1. The van der Waals surface area contributed by atoms with Gasteiger partial charge in [-0.3, -0.25) is 4.90 Å². The van der Waals surface area contributed by atoms with Crippen molar-refractivity contribution in [3.8, 4) is 0 Å². The number of hydrogen-bond donors (Lipinski definition) is 1. The van der Waals surface area contributed by atoms with Gasteiger partial charge in [-0.1, -0.05) is 48.5 Å². The SMILES string of the molecule is OC1CN(Cc2ccccc2)CC1Sc1ccccc1. The second-order valence-corrected chi connectivity index (χ2v) is 6.53. The lowest BCUT2D eigenvalue weighted by atomic mass is 10.2. The minimum atomic E-state index is -0.246. The van der Waals surface area contributed by atoms with E-state index in [1.54, 1.807) is 11.8 Å². The molecule has 0 aliphatic carbocycles. The van der Waals surface area contributed by atoms with E-state index >= 15 is 0 Å². The Morgan fingerprint density at radius 1 is 0.950 bits per heavy atom. The molecule has 1 heterocycles. The van der Waals surface area contributed by atoms with Crippen LogP contribution in [-0.2, 0) is 6.54 Å². The van der Waals surface area contributed by atoms with Crippen molar-refractivity contribution in [2.75, 3.05) is 13.1 Å². The van der Waals surface area contributed by atoms with Gasteiger partial charge in [-0.15, -0.1) is 11.8 Å². The zero-order valence-corrected chi connectivity index (χ0v) is 12.2. The molecule has 3 rings (SSSR count). The first-order chi connectivity index (χ1) is 9.81. The van der Waals surface area contributed by atoms with Gasteiger partial charge in [-0.05, 0) is 17.7 Å². The van der Waals surface area contributed by atoms with Gasteiger partial charge in [-0.2, -0.15) is 0 Å². The number of benzene rings is 2. The fraction of sp³-hybridized carbons (Fsp3) is 0.294. The quantitative estimate of drug-likeness (QED) is 0.934. The number of hydrogen-bond acceptors (Lipinski definition) is 3. The summed E-state index contributed by atoms with van der Waals surface area (Å²) in [6, 6.07) is 20.8. The molecule has 0 spiro atoms. The maximum atomic E-state index is 10.2. The van der Waals surface area contributed by atoms with Crippen LogP contribution in [0, 0.1) is 0 Å². The molecular weight excluding hydrogens is 266 g/mol. The number of likely N-dealkylation sites (tertiary alicyclic amines) is 1. The highest BCUT2D eigenvalue weighted by Gasteiger charge is 2.31. The van der Waals surface area contributed by atoms with Crippen molar-refractivity contribution >= 4 is 11.8 Å². The van der Waals surface area contributed by atoms with E-state index in [2.05, 4.69) is 41.3 Å². The van der Waals surface area contributed by atoms with Gasteiger partial charge < -0.3 is 5.11 Å². The molecule has 2 unspecified atom stereocenters. The highest BCUT2D eigenvalue weighted by atomic mass is 32.2. The summed E-state index contributed by atoms with van der Waals surface area (Å²) in [4.78, 5) is 3.57. The fourth-order valence-corrected chi connectivity index (χ4v) is 3.79. The first-order valence-electron chi connectivity index (χ1n) is 6.97. The minimum Gasteiger partial charge on any atom is -0.391 e. The molecular formula is C17H19NOS. The van der Waals surface area contributed by atoms with E-state index < -0.39 is 0 Å². The maximum absolute atomic E-state index is 10.2. The van der Waals surface area contributed by atoms with E-state index in [1.165, 1.54) is 10.5 Å². The Kier molecular flexibility index (Phi) is 4.41. The van der Waals surface area contributed by atoms with Crippen molar-refractivity contribution < 1.29 is 5.11 Å². The molecule has 0 radical (unpaired) electrons. The summed E-state index contributed by atoms with van der Waals surface area (Å²) in [5.41, 5.74) is 1.31. The number of thioether (sulfide) groups is 1. The van der Waals surface area contributed by atoms with E-state index in [1.807, 2.05) is 24.3 Å². The van der Waals surface area contributed by atoms with Crippen molar-refractivity contribution in [3.63, 3.8) is 0 Å². The van der Waals surface area contributed by atoms with Gasteiger partial charge in [0, 0.05) is 29.8 Å². The third-order valence-electron chi connectivity index (χ3n) is 3.59. The molecule has 3 heteroatoms. The molecule has 0 amide bonds. The van der Waals surface area contributed by atoms with Crippen LogP contribution in [0.2, 0.25) is 0 Å². The molecule has 1 aliphatic heterocycles. The van der Waals surface area contributed by atoms with Gasteiger partial charge >= 0.3 is 0 Å². The first kappa shape index (κ1) is 13.7. The summed E-state index contributed by atoms with van der Waals surface area (Å²) >= 11 is 1.78. The van der Waals surface area contributed by atoms with Crippen LogP contribution in [0.5, 0.6) is 0 Å². The largest absolute Gasteiger partial charge is 0.391 e. The summed E-state index contributed by atoms with van der Waals surface area (Å²) in [5.74, 6) is 0. The van der Waals surface area contributed by atoms with Crippen molar-refractivity contribution in [2.24, 2.45) is 0 Å². The summed E-state index contributed by atoms with van der Waals surface area (Å²) in [6.45, 7) is 2.62. The molecule has 1 aliphatic rings. The molecule has 1 N–H and O–H groups in total. The molecule has 0 aromatic heterocycles. The van der Waals surface area contributed by atoms with Crippen LogP contribution in [0.25, 0.3) is 0 Å². The average molecular weight is 285 g/mol. The highest BCUT2D eigenvalue weighted by Crippen LogP contribution is 2.30. The predicted molar refractivity (Wildman–Crippen MR) is 83.8 cm³/mol. The van der Waals surface area contributed by atoms with Crippen LogP contribution in [0.3, 0.4) is 0 Å². The zero-order valence-electron chi connectivity index (χ0n) is 11.4. The highest BCUT2D eigenvalue weighted by molar-refractivity contribution is 8.00. The van der Waals surface area contributed by atoms with Crippen molar-refractivity contribution in [2.45, 2.75) is 22.8 Å². The minimum absolute atomic E-state index is 0.246. The standard InChI is InChI=1S/C17H19NOS/c19-16-12-18(11-14-7-3-1-4-8-14)13-17(16)20-15-9-5-2-6-10-15/h1-10,16-17,19H,11-13H2. The Labute approximate surface area is 124 Å². The molecule has 104 valence electrons. The van der Waals surface area contributed by atoms with E-state index in [0.717, 1.165) is 19.6 Å². The molecule has 1 fully saturated rings. The Morgan fingerprint density at radius 3 is 2.30 bits per heavy atom. The van der Waals surface area contributed by atoms with Crippen LogP contribution < -0.4 is 0 Å². The maximum Gasteiger partial charge on any atom is 0.0801 e. The molecule has 2 nitrogen and oxygen atoms in total. The monoisotopic (exact) mass is 285 g/mol. The third-order valence-corrected chi connectivity index (χ3v) is 4.90. The van der Waals surface area contributed by atoms with Crippen LogP contribution in [-0.4, -0.2) is 34.4 Å². The number of nitrogens with zero attached hydrogens (tertiary/aromatic N) is 1. The molecule has 20 heavy (non-hydrogen) atoms. The summed E-state index contributed by atoms with van der Waals surface area (Å²) < 4.78 is 0. The molecule has 0 bridgehead atoms. The van der Waals surface area contributed by atoms with E-state index in [9.17, 15) is 5.11 Å². The molecule has 2 atom stereocenters. The smallest absolute Gasteiger partial charge is 0.0801 e. The van der Waals surface area contributed by atoms with E-state index in [0.29, 0.717) is 0 Å². The van der Waals surface area contributed by atoms with Crippen molar-refractivity contribution in [1.82, 2.24) is 4.90 Å². The Hall–Kier alpha value is -1.29. The van der Waals surface area contributed by atoms with Crippen LogP contribution in [0.1, 0.15) is 5.56 Å². The number of aliphatic hydroxyl groups excluding tert-OH is 1. The second-order valence-electron chi connectivity index (χ2n) is 5.22. The molecule has 2 aromatic carbocycles. The average Bonchev–Trinajstić information content (AvgIpc) is 2.81. The van der Waals surface area contributed by atoms with Crippen LogP contribution in [0.4, 0.5) is 0 Å². The lowest BCUT2D eigenvalue weighted by molar-refractivity contribution is 0.177. The lowest BCUT2D eigenvalue weighted by Gasteiger charge is -2.15. The van der Waals surface area contributed by atoms with Gasteiger partial charge in [0.05, 0.1) is 6.10 Å². The summed E-state index contributed by atoms with van der Waals surface area (Å²) in [6.07, 6.45) is -0.246. The third kappa shape index (κ3) is 3.42. The number of rotatable bonds is 4. The summed E-state index contributed by atoms with van der Waals surface area (Å²) in [5, 5.41) is 10.5.